The second kappa shape index (κ2) is 8.40. The molecule has 30 heavy (non-hydrogen) atoms. The van der Waals surface area contributed by atoms with E-state index in [9.17, 15) is 0 Å². The Bertz CT molecular complexity index is 705. The summed E-state index contributed by atoms with van der Waals surface area (Å²) in [5, 5.41) is 2.26. The molecule has 0 aliphatic carbocycles. The normalized spacial score (nSPS) is 27.8. The highest BCUT2D eigenvalue weighted by Gasteiger charge is 2.58. The maximum absolute atomic E-state index is 6.70. The molecule has 6 nitrogen and oxygen atoms in total. The third-order valence-electron chi connectivity index (χ3n) is 6.86. The van der Waals surface area contributed by atoms with E-state index in [0.717, 1.165) is 43.6 Å². The summed E-state index contributed by atoms with van der Waals surface area (Å²) >= 11 is 0. The second-order valence-electron chi connectivity index (χ2n) is 9.58. The van der Waals surface area contributed by atoms with Gasteiger partial charge in [-0.3, -0.25) is 4.84 Å². The van der Waals surface area contributed by atoms with E-state index in [1.54, 1.807) is 0 Å². The molecule has 0 amide bonds. The van der Waals surface area contributed by atoms with Crippen molar-refractivity contribution in [2.45, 2.75) is 89.4 Å². The van der Waals surface area contributed by atoms with E-state index in [2.05, 4.69) is 51.8 Å². The average Bonchev–Trinajstić information content (AvgIpc) is 3.47. The fraction of sp³-hybridized carbons (Fsp3) is 0.750. The maximum Gasteiger partial charge on any atom is 0.172 e. The van der Waals surface area contributed by atoms with Gasteiger partial charge in [0.15, 0.2) is 5.79 Å². The van der Waals surface area contributed by atoms with Gasteiger partial charge in [0.2, 0.25) is 0 Å². The summed E-state index contributed by atoms with van der Waals surface area (Å²) in [5.41, 5.74) is 0.791. The summed E-state index contributed by atoms with van der Waals surface area (Å²) in [4.78, 5) is 6.70. The molecule has 2 atom stereocenters. The molecular formula is C24H37NO5. The van der Waals surface area contributed by atoms with Crippen LogP contribution in [0.4, 0.5) is 0 Å². The molecule has 3 aliphatic rings. The Morgan fingerprint density at radius 1 is 1.07 bits per heavy atom. The van der Waals surface area contributed by atoms with E-state index in [4.69, 9.17) is 23.8 Å². The number of hydroxylamine groups is 2. The minimum Gasteiger partial charge on any atom is -0.491 e. The molecule has 3 aliphatic heterocycles. The first-order chi connectivity index (χ1) is 14.3. The molecule has 0 N–H and O–H groups in total. The number of benzene rings is 1. The standard InChI is InChI=1S/C24H37NO5/c1-6-23(7-2)17-24(28-12-13-29-24)16-22(4,5)25(23)30-18(3)19-8-10-20(11-9-19)26-14-21-15-27-21/h8-11,18,21H,6-7,12-17H2,1-5H3. The Labute approximate surface area is 180 Å². The second-order valence-corrected chi connectivity index (χ2v) is 9.58. The van der Waals surface area contributed by atoms with Crippen LogP contribution in [0.5, 0.6) is 5.75 Å². The highest BCUT2D eigenvalue weighted by molar-refractivity contribution is 5.28. The topological polar surface area (TPSA) is 52.7 Å². The molecule has 1 spiro atoms. The zero-order valence-corrected chi connectivity index (χ0v) is 19.1. The predicted molar refractivity (Wildman–Crippen MR) is 114 cm³/mol. The van der Waals surface area contributed by atoms with Crippen molar-refractivity contribution in [1.29, 1.82) is 0 Å². The van der Waals surface area contributed by atoms with Crippen molar-refractivity contribution in [3.63, 3.8) is 0 Å². The third-order valence-corrected chi connectivity index (χ3v) is 6.86. The van der Waals surface area contributed by atoms with Gasteiger partial charge < -0.3 is 18.9 Å². The molecule has 0 bridgehead atoms. The molecular weight excluding hydrogens is 382 g/mol. The molecule has 2 unspecified atom stereocenters. The summed E-state index contributed by atoms with van der Waals surface area (Å²) in [6.45, 7) is 13.9. The quantitative estimate of drug-likeness (QED) is 0.573. The smallest absolute Gasteiger partial charge is 0.172 e. The van der Waals surface area contributed by atoms with Crippen molar-refractivity contribution >= 4 is 0 Å². The number of hydrogen-bond acceptors (Lipinski definition) is 6. The Kier molecular flexibility index (Phi) is 6.17. The number of epoxide rings is 1. The Morgan fingerprint density at radius 3 is 2.27 bits per heavy atom. The van der Waals surface area contributed by atoms with Gasteiger partial charge in [0.25, 0.3) is 0 Å². The van der Waals surface area contributed by atoms with Gasteiger partial charge in [-0.15, -0.1) is 0 Å². The fourth-order valence-electron chi connectivity index (χ4n) is 5.16. The van der Waals surface area contributed by atoms with Gasteiger partial charge in [0.1, 0.15) is 24.6 Å². The largest absolute Gasteiger partial charge is 0.491 e. The van der Waals surface area contributed by atoms with Gasteiger partial charge in [0, 0.05) is 18.4 Å². The first-order valence-electron chi connectivity index (χ1n) is 11.4. The monoisotopic (exact) mass is 419 g/mol. The molecule has 0 radical (unpaired) electrons. The number of ether oxygens (including phenoxy) is 4. The minimum absolute atomic E-state index is 0.0676. The lowest BCUT2D eigenvalue weighted by atomic mass is 9.73. The van der Waals surface area contributed by atoms with Crippen molar-refractivity contribution in [2.24, 2.45) is 0 Å². The van der Waals surface area contributed by atoms with E-state index in [1.165, 1.54) is 0 Å². The Morgan fingerprint density at radius 2 is 1.70 bits per heavy atom. The minimum atomic E-state index is -0.483. The molecule has 1 aromatic carbocycles. The lowest BCUT2D eigenvalue weighted by Crippen LogP contribution is -2.67. The molecule has 3 heterocycles. The van der Waals surface area contributed by atoms with Crippen LogP contribution >= 0.6 is 0 Å². The summed E-state index contributed by atoms with van der Waals surface area (Å²) in [7, 11) is 0. The molecule has 3 saturated heterocycles. The van der Waals surface area contributed by atoms with E-state index in [1.807, 2.05) is 12.1 Å². The zero-order chi connectivity index (χ0) is 21.4. The van der Waals surface area contributed by atoms with E-state index < -0.39 is 5.79 Å². The molecule has 6 heteroatoms. The van der Waals surface area contributed by atoms with Crippen LogP contribution in [0.25, 0.3) is 0 Å². The highest BCUT2D eigenvalue weighted by atomic mass is 16.7. The van der Waals surface area contributed by atoms with Crippen molar-refractivity contribution in [3.8, 4) is 5.75 Å². The van der Waals surface area contributed by atoms with E-state index in [0.29, 0.717) is 19.8 Å². The van der Waals surface area contributed by atoms with E-state index >= 15 is 0 Å². The van der Waals surface area contributed by atoms with Crippen LogP contribution in [0, 0.1) is 0 Å². The first-order valence-corrected chi connectivity index (χ1v) is 11.4. The summed E-state index contributed by atoms with van der Waals surface area (Å²) < 4.78 is 23.3. The lowest BCUT2D eigenvalue weighted by Gasteiger charge is -2.59. The molecule has 1 aromatic rings. The van der Waals surface area contributed by atoms with Crippen molar-refractivity contribution in [2.75, 3.05) is 26.4 Å². The lowest BCUT2D eigenvalue weighted by molar-refractivity contribution is -0.358. The van der Waals surface area contributed by atoms with Gasteiger partial charge >= 0.3 is 0 Å². The molecule has 3 fully saturated rings. The van der Waals surface area contributed by atoms with Gasteiger partial charge in [-0.05, 0) is 51.3 Å². The highest BCUT2D eigenvalue weighted by Crippen LogP contribution is 2.51. The fourth-order valence-corrected chi connectivity index (χ4v) is 5.16. The van der Waals surface area contributed by atoms with Gasteiger partial charge in [0.05, 0.1) is 25.4 Å². The Hall–Kier alpha value is -1.18. The molecule has 0 saturated carbocycles. The van der Waals surface area contributed by atoms with Gasteiger partial charge in [-0.25, -0.2) is 0 Å². The third kappa shape index (κ3) is 4.39. The Balaban J connectivity index is 1.49. The average molecular weight is 420 g/mol. The van der Waals surface area contributed by atoms with Crippen LogP contribution in [0.2, 0.25) is 0 Å². The summed E-state index contributed by atoms with van der Waals surface area (Å²) in [5.74, 6) is 0.386. The molecule has 168 valence electrons. The van der Waals surface area contributed by atoms with Gasteiger partial charge in [-0.1, -0.05) is 26.0 Å². The van der Waals surface area contributed by atoms with Crippen molar-refractivity contribution in [1.82, 2.24) is 5.06 Å². The molecule has 4 rings (SSSR count). The van der Waals surface area contributed by atoms with Crippen molar-refractivity contribution < 1.29 is 23.8 Å². The first kappa shape index (κ1) is 22.0. The number of hydrogen-bond donors (Lipinski definition) is 0. The van der Waals surface area contributed by atoms with Gasteiger partial charge in [-0.2, -0.15) is 5.06 Å². The predicted octanol–water partition coefficient (Wildman–Crippen LogP) is 4.63. The number of piperidine rings is 1. The van der Waals surface area contributed by atoms with Crippen molar-refractivity contribution in [3.05, 3.63) is 29.8 Å². The SMILES string of the molecule is CCC1(CC)CC2(CC(C)(C)N1OC(C)c1ccc(OCC3CO3)cc1)OCCO2. The van der Waals surface area contributed by atoms with Crippen LogP contribution in [0.1, 0.15) is 72.0 Å². The van der Waals surface area contributed by atoms with Crippen LogP contribution < -0.4 is 4.74 Å². The zero-order valence-electron chi connectivity index (χ0n) is 19.1. The number of rotatable bonds is 8. The summed E-state index contributed by atoms with van der Waals surface area (Å²) in [6.07, 6.45) is 3.78. The van der Waals surface area contributed by atoms with Crippen LogP contribution in [-0.2, 0) is 19.0 Å². The van der Waals surface area contributed by atoms with E-state index in [-0.39, 0.29) is 23.3 Å². The summed E-state index contributed by atoms with van der Waals surface area (Å²) in [6, 6.07) is 8.21. The van der Waals surface area contributed by atoms with Crippen LogP contribution in [-0.4, -0.2) is 54.5 Å². The number of nitrogens with zero attached hydrogens (tertiary/aromatic N) is 1. The molecule has 0 aromatic heterocycles. The van der Waals surface area contributed by atoms with Crippen LogP contribution in [0.15, 0.2) is 24.3 Å². The maximum atomic E-state index is 6.70. The van der Waals surface area contributed by atoms with Crippen LogP contribution in [0.3, 0.4) is 0 Å².